The molecule has 7 nitrogen and oxygen atoms in total. The van der Waals surface area contributed by atoms with Gasteiger partial charge in [-0.3, -0.25) is 10.1 Å². The Morgan fingerprint density at radius 2 is 1.70 bits per heavy atom. The van der Waals surface area contributed by atoms with Gasteiger partial charge >= 0.3 is 5.69 Å². The molecule has 7 heteroatoms. The lowest BCUT2D eigenvalue weighted by atomic mass is 10.1. The predicted molar refractivity (Wildman–Crippen MR) is 106 cm³/mol. The van der Waals surface area contributed by atoms with Crippen molar-refractivity contribution in [3.63, 3.8) is 0 Å². The average Bonchev–Trinajstić information content (AvgIpc) is 2.70. The second kappa shape index (κ2) is 8.27. The Hall–Kier alpha value is -3.48. The molecule has 27 heavy (non-hydrogen) atoms. The van der Waals surface area contributed by atoms with Gasteiger partial charge in [0.2, 0.25) is 11.6 Å². The van der Waals surface area contributed by atoms with E-state index in [2.05, 4.69) is 15.3 Å². The zero-order valence-corrected chi connectivity index (χ0v) is 15.2. The second-order valence-electron chi connectivity index (χ2n) is 6.01. The van der Waals surface area contributed by atoms with Crippen molar-refractivity contribution in [1.29, 1.82) is 0 Å². The summed E-state index contributed by atoms with van der Waals surface area (Å²) in [6, 6.07) is 19.1. The molecule has 0 aliphatic carbocycles. The Morgan fingerprint density at radius 1 is 1.07 bits per heavy atom. The first-order valence-electron chi connectivity index (χ1n) is 8.75. The third-order valence-electron chi connectivity index (χ3n) is 4.28. The van der Waals surface area contributed by atoms with E-state index >= 15 is 0 Å². The van der Waals surface area contributed by atoms with Crippen LogP contribution in [-0.2, 0) is 0 Å². The van der Waals surface area contributed by atoms with Crippen LogP contribution in [0.25, 0.3) is 0 Å². The van der Waals surface area contributed by atoms with Crippen molar-refractivity contribution in [2.75, 3.05) is 16.8 Å². The van der Waals surface area contributed by atoms with Crippen molar-refractivity contribution < 1.29 is 4.92 Å². The summed E-state index contributed by atoms with van der Waals surface area (Å²) in [5.74, 6) is 0.474. The van der Waals surface area contributed by atoms with Crippen LogP contribution in [0.2, 0.25) is 0 Å². The fraction of sp³-hybridized carbons (Fsp3) is 0.200. The summed E-state index contributed by atoms with van der Waals surface area (Å²) in [5.41, 5.74) is 1.72. The summed E-state index contributed by atoms with van der Waals surface area (Å²) in [7, 11) is 0. The van der Waals surface area contributed by atoms with Gasteiger partial charge in [-0.05, 0) is 31.5 Å². The molecule has 1 atom stereocenters. The highest BCUT2D eigenvalue weighted by atomic mass is 16.6. The van der Waals surface area contributed by atoms with E-state index in [9.17, 15) is 10.1 Å². The average molecular weight is 363 g/mol. The summed E-state index contributed by atoms with van der Waals surface area (Å²) in [6.07, 6.45) is 1.36. The van der Waals surface area contributed by atoms with Crippen molar-refractivity contribution in [3.8, 4) is 0 Å². The number of benzene rings is 2. The largest absolute Gasteiger partial charge is 0.358 e. The van der Waals surface area contributed by atoms with Crippen molar-refractivity contribution in [3.05, 3.63) is 82.7 Å². The van der Waals surface area contributed by atoms with E-state index in [1.54, 1.807) is 4.90 Å². The normalized spacial score (nSPS) is 11.6. The van der Waals surface area contributed by atoms with E-state index in [1.807, 2.05) is 74.5 Å². The lowest BCUT2D eigenvalue weighted by Crippen LogP contribution is -2.20. The van der Waals surface area contributed by atoms with E-state index in [-0.39, 0.29) is 23.4 Å². The van der Waals surface area contributed by atoms with Crippen molar-refractivity contribution in [2.24, 2.45) is 0 Å². The maximum absolute atomic E-state index is 11.9. The number of nitrogens with zero attached hydrogens (tertiary/aromatic N) is 4. The minimum Gasteiger partial charge on any atom is -0.358 e. The maximum Gasteiger partial charge on any atom is 0.353 e. The van der Waals surface area contributed by atoms with Gasteiger partial charge in [-0.1, -0.05) is 48.5 Å². The number of anilines is 3. The first kappa shape index (κ1) is 18.3. The number of nitrogens with one attached hydrogen (secondary N) is 1. The van der Waals surface area contributed by atoms with Crippen LogP contribution in [0.1, 0.15) is 25.5 Å². The molecule has 0 bridgehead atoms. The number of aromatic nitrogens is 2. The Morgan fingerprint density at radius 3 is 2.30 bits per heavy atom. The summed E-state index contributed by atoms with van der Waals surface area (Å²) < 4.78 is 0. The van der Waals surface area contributed by atoms with Gasteiger partial charge in [0.25, 0.3) is 0 Å². The Kier molecular flexibility index (Phi) is 5.61. The summed E-state index contributed by atoms with van der Waals surface area (Å²) >= 11 is 0. The molecule has 2 aromatic carbocycles. The van der Waals surface area contributed by atoms with E-state index in [4.69, 9.17) is 0 Å². The predicted octanol–water partition coefficient (Wildman–Crippen LogP) is 4.72. The highest BCUT2D eigenvalue weighted by Crippen LogP contribution is 2.36. The lowest BCUT2D eigenvalue weighted by Gasteiger charge is -2.23. The number of para-hydroxylation sites is 1. The van der Waals surface area contributed by atoms with Crippen molar-refractivity contribution in [2.45, 2.75) is 19.9 Å². The molecule has 1 heterocycles. The third kappa shape index (κ3) is 4.03. The first-order chi connectivity index (χ1) is 13.1. The van der Waals surface area contributed by atoms with Crippen LogP contribution in [0, 0.1) is 10.1 Å². The molecule has 1 unspecified atom stereocenters. The van der Waals surface area contributed by atoms with Gasteiger partial charge in [0, 0.05) is 12.2 Å². The number of hydrogen-bond donors (Lipinski definition) is 1. The SMILES string of the molecule is CCN(c1ccccc1)c1ncnc(NC(C)c2ccccc2)c1[N+](=O)[O-]. The molecule has 0 saturated carbocycles. The minimum atomic E-state index is -0.430. The summed E-state index contributed by atoms with van der Waals surface area (Å²) in [5, 5.41) is 15.0. The van der Waals surface area contributed by atoms with E-state index in [0.29, 0.717) is 6.54 Å². The Bertz CT molecular complexity index is 903. The fourth-order valence-corrected chi connectivity index (χ4v) is 2.93. The molecule has 1 N–H and O–H groups in total. The zero-order valence-electron chi connectivity index (χ0n) is 15.2. The molecule has 1 aromatic heterocycles. The number of rotatable bonds is 7. The van der Waals surface area contributed by atoms with E-state index < -0.39 is 4.92 Å². The highest BCUT2D eigenvalue weighted by molar-refractivity contribution is 5.75. The minimum absolute atomic E-state index is 0.133. The smallest absolute Gasteiger partial charge is 0.353 e. The molecule has 0 spiro atoms. The molecule has 0 amide bonds. The first-order valence-corrected chi connectivity index (χ1v) is 8.75. The van der Waals surface area contributed by atoms with Gasteiger partial charge in [-0.25, -0.2) is 9.97 Å². The van der Waals surface area contributed by atoms with Crippen molar-refractivity contribution >= 4 is 23.0 Å². The van der Waals surface area contributed by atoms with Crippen LogP contribution in [0.4, 0.5) is 23.0 Å². The lowest BCUT2D eigenvalue weighted by molar-refractivity contribution is -0.383. The van der Waals surface area contributed by atoms with Crippen LogP contribution in [-0.4, -0.2) is 21.4 Å². The van der Waals surface area contributed by atoms with Crippen LogP contribution in [0.5, 0.6) is 0 Å². The van der Waals surface area contributed by atoms with Crippen LogP contribution < -0.4 is 10.2 Å². The van der Waals surface area contributed by atoms with Gasteiger partial charge in [-0.2, -0.15) is 0 Å². The summed E-state index contributed by atoms with van der Waals surface area (Å²) in [6.45, 7) is 4.41. The van der Waals surface area contributed by atoms with E-state index in [1.165, 1.54) is 6.33 Å². The van der Waals surface area contributed by atoms with Crippen LogP contribution >= 0.6 is 0 Å². The highest BCUT2D eigenvalue weighted by Gasteiger charge is 2.28. The molecule has 0 fully saturated rings. The zero-order chi connectivity index (χ0) is 19.2. The topological polar surface area (TPSA) is 84.2 Å². The number of hydrogen-bond acceptors (Lipinski definition) is 6. The molecule has 138 valence electrons. The monoisotopic (exact) mass is 363 g/mol. The van der Waals surface area contributed by atoms with E-state index in [0.717, 1.165) is 11.3 Å². The van der Waals surface area contributed by atoms with Gasteiger partial charge in [0.1, 0.15) is 6.33 Å². The fourth-order valence-electron chi connectivity index (χ4n) is 2.93. The van der Waals surface area contributed by atoms with Gasteiger partial charge in [0.05, 0.1) is 11.0 Å². The molecular formula is C20H21N5O2. The number of nitro groups is 1. The van der Waals surface area contributed by atoms with Gasteiger partial charge in [-0.15, -0.1) is 0 Å². The van der Waals surface area contributed by atoms with Crippen LogP contribution in [0.3, 0.4) is 0 Å². The van der Waals surface area contributed by atoms with Gasteiger partial charge in [0.15, 0.2) is 0 Å². The molecule has 3 aromatic rings. The molecule has 0 radical (unpaired) electrons. The Labute approximate surface area is 157 Å². The molecule has 0 saturated heterocycles. The molecule has 0 aliphatic rings. The van der Waals surface area contributed by atoms with Crippen molar-refractivity contribution in [1.82, 2.24) is 9.97 Å². The maximum atomic E-state index is 11.9. The van der Waals surface area contributed by atoms with Crippen LogP contribution in [0.15, 0.2) is 67.0 Å². The third-order valence-corrected chi connectivity index (χ3v) is 4.28. The second-order valence-corrected chi connectivity index (χ2v) is 6.01. The van der Waals surface area contributed by atoms with Gasteiger partial charge < -0.3 is 10.2 Å². The Balaban J connectivity index is 2.01. The quantitative estimate of drug-likeness (QED) is 0.483. The molecule has 3 rings (SSSR count). The molecule has 0 aliphatic heterocycles. The molecular weight excluding hydrogens is 342 g/mol. The standard InChI is InChI=1S/C20H21N5O2/c1-3-24(17-12-8-5-9-13-17)20-18(25(26)27)19(21-14-22-20)23-15(2)16-10-6-4-7-11-16/h4-15H,3H2,1-2H3,(H,21,22,23). The summed E-state index contributed by atoms with van der Waals surface area (Å²) in [4.78, 5) is 21.6.